The van der Waals surface area contributed by atoms with Crippen molar-refractivity contribution in [1.82, 2.24) is 0 Å². The van der Waals surface area contributed by atoms with Crippen LogP contribution in [0.1, 0.15) is 12.8 Å². The van der Waals surface area contributed by atoms with Gasteiger partial charge in [-0.2, -0.15) is 13.2 Å². The average Bonchev–Trinajstić information content (AvgIpc) is 2.14. The van der Waals surface area contributed by atoms with Crippen molar-refractivity contribution in [2.24, 2.45) is 0 Å². The monoisotopic (exact) mass is 359 g/mol. The maximum atomic E-state index is 11.9. The standard InChI is InChI=1S/C10H10Br2F3N/c11-7-3-1-4-8(12)9(7)16-6-2-5-10(13,14)15/h1,3-4,16H,2,5-6H2. The molecule has 0 saturated carbocycles. The van der Waals surface area contributed by atoms with Crippen molar-refractivity contribution in [3.63, 3.8) is 0 Å². The molecule has 90 valence electrons. The average molecular weight is 361 g/mol. The molecule has 0 radical (unpaired) electrons. The second kappa shape index (κ2) is 5.91. The summed E-state index contributed by atoms with van der Waals surface area (Å²) in [6, 6.07) is 5.50. The predicted octanol–water partition coefficient (Wildman–Crippen LogP) is 4.97. The van der Waals surface area contributed by atoms with E-state index in [4.69, 9.17) is 0 Å². The molecule has 0 bridgehead atoms. The summed E-state index contributed by atoms with van der Waals surface area (Å²) in [5, 5.41) is 2.96. The van der Waals surface area contributed by atoms with E-state index in [0.717, 1.165) is 14.6 Å². The molecule has 6 heteroatoms. The molecular weight excluding hydrogens is 351 g/mol. The SMILES string of the molecule is FC(F)(F)CCCNc1c(Br)cccc1Br. The van der Waals surface area contributed by atoms with E-state index in [0.29, 0.717) is 6.54 Å². The lowest BCUT2D eigenvalue weighted by Gasteiger charge is -2.11. The van der Waals surface area contributed by atoms with Crippen LogP contribution in [-0.2, 0) is 0 Å². The van der Waals surface area contributed by atoms with Gasteiger partial charge in [0.25, 0.3) is 0 Å². The van der Waals surface area contributed by atoms with E-state index in [1.165, 1.54) is 0 Å². The van der Waals surface area contributed by atoms with Gasteiger partial charge in [-0.1, -0.05) is 6.07 Å². The summed E-state index contributed by atoms with van der Waals surface area (Å²) in [6.07, 6.45) is -4.77. The minimum atomic E-state index is -4.08. The molecule has 0 aliphatic heterocycles. The van der Waals surface area contributed by atoms with Gasteiger partial charge in [0, 0.05) is 21.9 Å². The molecule has 0 atom stereocenters. The molecule has 0 aromatic heterocycles. The zero-order valence-corrected chi connectivity index (χ0v) is 11.4. The molecule has 0 heterocycles. The van der Waals surface area contributed by atoms with Crippen molar-refractivity contribution >= 4 is 37.5 Å². The Labute approximate surface area is 109 Å². The Kier molecular flexibility index (Phi) is 5.11. The number of anilines is 1. The zero-order valence-electron chi connectivity index (χ0n) is 8.24. The van der Waals surface area contributed by atoms with Gasteiger partial charge in [-0.15, -0.1) is 0 Å². The number of rotatable bonds is 4. The highest BCUT2D eigenvalue weighted by atomic mass is 79.9. The summed E-state index contributed by atoms with van der Waals surface area (Å²) in [5.41, 5.74) is 0.782. The smallest absolute Gasteiger partial charge is 0.383 e. The quantitative estimate of drug-likeness (QED) is 0.748. The first-order valence-electron chi connectivity index (χ1n) is 4.65. The minimum Gasteiger partial charge on any atom is -0.383 e. The summed E-state index contributed by atoms with van der Waals surface area (Å²) >= 11 is 6.65. The number of para-hydroxylation sites is 1. The minimum absolute atomic E-state index is 0.0667. The first-order valence-corrected chi connectivity index (χ1v) is 6.23. The Hall–Kier alpha value is -0.230. The van der Waals surface area contributed by atoms with E-state index in [2.05, 4.69) is 37.2 Å². The van der Waals surface area contributed by atoms with Crippen molar-refractivity contribution in [2.75, 3.05) is 11.9 Å². The van der Waals surface area contributed by atoms with Crippen LogP contribution in [0.2, 0.25) is 0 Å². The fourth-order valence-electron chi connectivity index (χ4n) is 1.17. The molecule has 1 aromatic rings. The van der Waals surface area contributed by atoms with E-state index in [1.54, 1.807) is 0 Å². The maximum Gasteiger partial charge on any atom is 0.389 e. The lowest BCUT2D eigenvalue weighted by atomic mass is 10.3. The van der Waals surface area contributed by atoms with Crippen LogP contribution >= 0.6 is 31.9 Å². The van der Waals surface area contributed by atoms with Gasteiger partial charge in [0.2, 0.25) is 0 Å². The second-order valence-electron chi connectivity index (χ2n) is 3.24. The molecule has 1 aromatic carbocycles. The highest BCUT2D eigenvalue weighted by Gasteiger charge is 2.25. The van der Waals surface area contributed by atoms with Gasteiger partial charge in [-0.3, -0.25) is 0 Å². The van der Waals surface area contributed by atoms with Gasteiger partial charge >= 0.3 is 6.18 Å². The zero-order chi connectivity index (χ0) is 12.2. The number of alkyl halides is 3. The third-order valence-corrected chi connectivity index (χ3v) is 3.22. The molecule has 0 aliphatic carbocycles. The summed E-state index contributed by atoms with van der Waals surface area (Å²) in [6.45, 7) is 0.292. The first-order chi connectivity index (χ1) is 7.40. The van der Waals surface area contributed by atoms with Crippen molar-refractivity contribution in [3.05, 3.63) is 27.1 Å². The number of hydrogen-bond donors (Lipinski definition) is 1. The van der Waals surface area contributed by atoms with Crippen LogP contribution in [-0.4, -0.2) is 12.7 Å². The summed E-state index contributed by atoms with van der Waals surface area (Å²) < 4.78 is 37.3. The van der Waals surface area contributed by atoms with E-state index < -0.39 is 12.6 Å². The van der Waals surface area contributed by atoms with Gasteiger partial charge < -0.3 is 5.32 Å². The molecule has 1 nitrogen and oxygen atoms in total. The van der Waals surface area contributed by atoms with Gasteiger partial charge in [-0.05, 0) is 50.4 Å². The van der Waals surface area contributed by atoms with Crippen LogP contribution in [0, 0.1) is 0 Å². The van der Waals surface area contributed by atoms with Gasteiger partial charge in [0.1, 0.15) is 0 Å². The Balaban J connectivity index is 2.43. The fraction of sp³-hybridized carbons (Fsp3) is 0.400. The largest absolute Gasteiger partial charge is 0.389 e. The van der Waals surface area contributed by atoms with Gasteiger partial charge in [0.15, 0.2) is 0 Å². The highest BCUT2D eigenvalue weighted by Crippen LogP contribution is 2.30. The summed E-state index contributed by atoms with van der Waals surface area (Å²) in [7, 11) is 0. The number of nitrogens with one attached hydrogen (secondary N) is 1. The molecule has 1 N–H and O–H groups in total. The molecule has 0 saturated heterocycles. The Morgan fingerprint density at radius 1 is 1.12 bits per heavy atom. The molecule has 0 fully saturated rings. The van der Waals surface area contributed by atoms with Crippen molar-refractivity contribution in [3.8, 4) is 0 Å². The Bertz CT molecular complexity index is 332. The third kappa shape index (κ3) is 4.74. The Morgan fingerprint density at radius 3 is 2.19 bits per heavy atom. The van der Waals surface area contributed by atoms with Gasteiger partial charge in [0.05, 0.1) is 5.69 Å². The third-order valence-electron chi connectivity index (χ3n) is 1.90. The molecule has 0 aliphatic rings. The van der Waals surface area contributed by atoms with Crippen LogP contribution in [0.25, 0.3) is 0 Å². The van der Waals surface area contributed by atoms with E-state index in [-0.39, 0.29) is 6.42 Å². The molecule has 16 heavy (non-hydrogen) atoms. The summed E-state index contributed by atoms with van der Waals surface area (Å²) in [5.74, 6) is 0. The van der Waals surface area contributed by atoms with Crippen LogP contribution in [0.3, 0.4) is 0 Å². The predicted molar refractivity (Wildman–Crippen MR) is 65.6 cm³/mol. The van der Waals surface area contributed by atoms with Crippen molar-refractivity contribution in [2.45, 2.75) is 19.0 Å². The first kappa shape index (κ1) is 13.8. The normalized spacial score (nSPS) is 11.6. The van der Waals surface area contributed by atoms with Crippen LogP contribution in [0.4, 0.5) is 18.9 Å². The topological polar surface area (TPSA) is 12.0 Å². The summed E-state index contributed by atoms with van der Waals surface area (Å²) in [4.78, 5) is 0. The van der Waals surface area contributed by atoms with E-state index in [1.807, 2.05) is 18.2 Å². The van der Waals surface area contributed by atoms with Gasteiger partial charge in [-0.25, -0.2) is 0 Å². The van der Waals surface area contributed by atoms with Crippen LogP contribution in [0.15, 0.2) is 27.1 Å². The maximum absolute atomic E-state index is 11.9. The number of benzene rings is 1. The molecule has 1 rings (SSSR count). The van der Waals surface area contributed by atoms with Crippen molar-refractivity contribution < 1.29 is 13.2 Å². The molecule has 0 amide bonds. The molecule has 0 spiro atoms. The second-order valence-corrected chi connectivity index (χ2v) is 4.95. The lowest BCUT2D eigenvalue weighted by Crippen LogP contribution is -2.11. The van der Waals surface area contributed by atoms with Crippen LogP contribution < -0.4 is 5.32 Å². The lowest BCUT2D eigenvalue weighted by molar-refractivity contribution is -0.134. The molecule has 0 unspecified atom stereocenters. The highest BCUT2D eigenvalue weighted by molar-refractivity contribution is 9.11. The van der Waals surface area contributed by atoms with Crippen LogP contribution in [0.5, 0.6) is 0 Å². The van der Waals surface area contributed by atoms with E-state index >= 15 is 0 Å². The number of halogens is 5. The Morgan fingerprint density at radius 2 is 1.69 bits per heavy atom. The fourth-order valence-corrected chi connectivity index (χ4v) is 2.45. The van der Waals surface area contributed by atoms with E-state index in [9.17, 15) is 13.2 Å². The van der Waals surface area contributed by atoms with Crippen molar-refractivity contribution in [1.29, 1.82) is 0 Å². The number of hydrogen-bond acceptors (Lipinski definition) is 1. The molecular formula is C10H10Br2F3N.